The van der Waals surface area contributed by atoms with Gasteiger partial charge in [-0.15, -0.1) is 0 Å². The normalized spacial score (nSPS) is 19.1. The first-order chi connectivity index (χ1) is 14.0. The lowest BCUT2D eigenvalue weighted by atomic mass is 9.82. The number of carbonyl (C=O) groups is 1. The highest BCUT2D eigenvalue weighted by Gasteiger charge is 2.35. The van der Waals surface area contributed by atoms with Gasteiger partial charge in [0.05, 0.1) is 0 Å². The molecule has 0 spiro atoms. The maximum Gasteiger partial charge on any atom is 0.139 e. The van der Waals surface area contributed by atoms with E-state index in [0.717, 1.165) is 25.7 Å². The average Bonchev–Trinajstić information content (AvgIpc) is 3.07. The Kier molecular flexibility index (Phi) is 6.33. The topological polar surface area (TPSA) is 17.1 Å². The van der Waals surface area contributed by atoms with Gasteiger partial charge in [-0.25, -0.2) is 0 Å². The van der Waals surface area contributed by atoms with Crippen molar-refractivity contribution in [3.8, 4) is 0 Å². The van der Waals surface area contributed by atoms with Crippen molar-refractivity contribution < 1.29 is 4.79 Å². The highest BCUT2D eigenvalue weighted by atomic mass is 16.1. The van der Waals surface area contributed by atoms with E-state index in [4.69, 9.17) is 0 Å². The molecule has 1 aliphatic carbocycles. The van der Waals surface area contributed by atoms with Crippen molar-refractivity contribution >= 4 is 5.78 Å². The Balaban J connectivity index is 1.86. The van der Waals surface area contributed by atoms with Gasteiger partial charge in [0.15, 0.2) is 0 Å². The molecule has 3 rings (SSSR count). The molecule has 0 unspecified atom stereocenters. The van der Waals surface area contributed by atoms with Crippen LogP contribution in [0.25, 0.3) is 0 Å². The van der Waals surface area contributed by atoms with Crippen molar-refractivity contribution in [3.63, 3.8) is 0 Å². The van der Waals surface area contributed by atoms with E-state index in [2.05, 4.69) is 69.2 Å². The van der Waals surface area contributed by atoms with E-state index in [1.807, 2.05) is 0 Å². The molecular weight excluding hydrogens is 364 g/mol. The fourth-order valence-corrected chi connectivity index (χ4v) is 5.69. The first-order valence-corrected chi connectivity index (χ1v) is 11.6. The second kappa shape index (κ2) is 8.33. The van der Waals surface area contributed by atoms with E-state index in [1.165, 1.54) is 66.8 Å². The van der Waals surface area contributed by atoms with E-state index in [-0.39, 0.29) is 11.8 Å². The maximum absolute atomic E-state index is 13.4. The van der Waals surface area contributed by atoms with Gasteiger partial charge in [-0.3, -0.25) is 4.79 Å². The summed E-state index contributed by atoms with van der Waals surface area (Å²) in [5.41, 5.74) is 16.8. The fourth-order valence-electron chi connectivity index (χ4n) is 5.69. The smallest absolute Gasteiger partial charge is 0.139 e. The predicted octanol–water partition coefficient (Wildman–Crippen LogP) is 7.15. The van der Waals surface area contributed by atoms with Crippen LogP contribution >= 0.6 is 0 Å². The van der Waals surface area contributed by atoms with Crippen LogP contribution in [0.15, 0.2) is 0 Å². The molecule has 0 radical (unpaired) electrons. The van der Waals surface area contributed by atoms with Crippen LogP contribution in [0.4, 0.5) is 0 Å². The highest BCUT2D eigenvalue weighted by molar-refractivity contribution is 5.86. The van der Waals surface area contributed by atoms with Crippen LogP contribution in [-0.2, 0) is 17.6 Å². The second-order valence-corrected chi connectivity index (χ2v) is 9.99. The van der Waals surface area contributed by atoms with Crippen LogP contribution in [0.2, 0.25) is 0 Å². The van der Waals surface area contributed by atoms with Gasteiger partial charge in [0.25, 0.3) is 0 Å². The molecule has 2 aromatic carbocycles. The number of hydrogen-bond donors (Lipinski definition) is 0. The summed E-state index contributed by atoms with van der Waals surface area (Å²) in [5, 5.41) is 0. The van der Waals surface area contributed by atoms with Gasteiger partial charge in [0.1, 0.15) is 5.78 Å². The van der Waals surface area contributed by atoms with Crippen LogP contribution < -0.4 is 0 Å². The minimum atomic E-state index is 0.183. The summed E-state index contributed by atoms with van der Waals surface area (Å²) in [6, 6.07) is 0. The third-order valence-electron chi connectivity index (χ3n) is 8.88. The fraction of sp³-hybridized carbons (Fsp3) is 0.552. The van der Waals surface area contributed by atoms with Crippen LogP contribution in [0.3, 0.4) is 0 Å². The second-order valence-electron chi connectivity index (χ2n) is 9.99. The minimum absolute atomic E-state index is 0.183. The molecule has 0 aromatic heterocycles. The predicted molar refractivity (Wildman–Crippen MR) is 129 cm³/mol. The largest absolute Gasteiger partial charge is 0.299 e. The Morgan fingerprint density at radius 1 is 0.467 bits per heavy atom. The van der Waals surface area contributed by atoms with Crippen LogP contribution in [0.1, 0.15) is 79.6 Å². The monoisotopic (exact) mass is 404 g/mol. The molecule has 0 amide bonds. The third kappa shape index (κ3) is 3.66. The third-order valence-corrected chi connectivity index (χ3v) is 8.88. The maximum atomic E-state index is 13.4. The van der Waals surface area contributed by atoms with Crippen molar-refractivity contribution in [1.82, 2.24) is 0 Å². The molecule has 2 aromatic rings. The number of carbonyl (C=O) groups excluding carboxylic acids is 1. The Bertz CT molecular complexity index is 882. The summed E-state index contributed by atoms with van der Waals surface area (Å²) in [7, 11) is 0. The summed E-state index contributed by atoms with van der Waals surface area (Å²) in [6.07, 6.45) is 3.91. The van der Waals surface area contributed by atoms with Crippen molar-refractivity contribution in [2.45, 2.75) is 94.9 Å². The van der Waals surface area contributed by atoms with Gasteiger partial charge in [-0.1, -0.05) is 0 Å². The Hall–Kier alpha value is -1.89. The Labute approximate surface area is 184 Å². The molecule has 1 nitrogen and oxygen atoms in total. The van der Waals surface area contributed by atoms with Gasteiger partial charge < -0.3 is 0 Å². The molecule has 2 atom stereocenters. The standard InChI is InChI=1S/C29H40O/c1-15-17(3)21(7)27(22(8)18(15)4)13-25-11-12-26(29(25)30)14-28-23(9)19(5)16(2)20(6)24(28)10/h25-26H,11-14H2,1-10H3/t25-,26-/m0/s1. The van der Waals surface area contributed by atoms with Gasteiger partial charge in [0, 0.05) is 11.8 Å². The van der Waals surface area contributed by atoms with Crippen molar-refractivity contribution in [2.75, 3.05) is 0 Å². The summed E-state index contributed by atoms with van der Waals surface area (Å²) >= 11 is 0. The molecule has 162 valence electrons. The molecule has 0 saturated heterocycles. The summed E-state index contributed by atoms with van der Waals surface area (Å²) in [5.74, 6) is 0.865. The lowest BCUT2D eigenvalue weighted by Crippen LogP contribution is -2.20. The number of benzene rings is 2. The summed E-state index contributed by atoms with van der Waals surface area (Å²) in [4.78, 5) is 13.4. The molecule has 1 saturated carbocycles. The molecule has 0 aliphatic heterocycles. The van der Waals surface area contributed by atoms with E-state index in [0.29, 0.717) is 5.78 Å². The molecule has 0 N–H and O–H groups in total. The van der Waals surface area contributed by atoms with E-state index >= 15 is 0 Å². The van der Waals surface area contributed by atoms with Crippen molar-refractivity contribution in [3.05, 3.63) is 66.8 Å². The van der Waals surface area contributed by atoms with E-state index in [9.17, 15) is 4.79 Å². The first kappa shape index (κ1) is 22.8. The van der Waals surface area contributed by atoms with E-state index in [1.54, 1.807) is 0 Å². The minimum Gasteiger partial charge on any atom is -0.299 e. The van der Waals surface area contributed by atoms with E-state index < -0.39 is 0 Å². The zero-order valence-electron chi connectivity index (χ0n) is 20.9. The quantitative estimate of drug-likeness (QED) is 0.529. The van der Waals surface area contributed by atoms with Crippen molar-refractivity contribution in [2.24, 2.45) is 11.8 Å². The molecule has 1 fully saturated rings. The molecule has 30 heavy (non-hydrogen) atoms. The van der Waals surface area contributed by atoms with Gasteiger partial charge in [-0.2, -0.15) is 0 Å². The number of ketones is 1. The molecule has 0 bridgehead atoms. The van der Waals surface area contributed by atoms with Crippen LogP contribution in [0.5, 0.6) is 0 Å². The highest BCUT2D eigenvalue weighted by Crippen LogP contribution is 2.37. The van der Waals surface area contributed by atoms with Gasteiger partial charge in [-0.05, 0) is 162 Å². The lowest BCUT2D eigenvalue weighted by molar-refractivity contribution is -0.123. The summed E-state index contributed by atoms with van der Waals surface area (Å²) in [6.45, 7) is 22.3. The molecule has 0 heterocycles. The number of rotatable bonds is 4. The number of hydrogen-bond acceptors (Lipinski definition) is 1. The summed E-state index contributed by atoms with van der Waals surface area (Å²) < 4.78 is 0. The lowest BCUT2D eigenvalue weighted by Gasteiger charge is -2.22. The van der Waals surface area contributed by atoms with Gasteiger partial charge >= 0.3 is 0 Å². The molecular formula is C29H40O. The van der Waals surface area contributed by atoms with Crippen molar-refractivity contribution in [1.29, 1.82) is 0 Å². The van der Waals surface area contributed by atoms with Crippen LogP contribution in [-0.4, -0.2) is 5.78 Å². The Morgan fingerprint density at radius 2 is 0.700 bits per heavy atom. The Morgan fingerprint density at radius 3 is 0.967 bits per heavy atom. The van der Waals surface area contributed by atoms with Gasteiger partial charge in [0.2, 0.25) is 0 Å². The molecule has 1 heteroatoms. The zero-order valence-corrected chi connectivity index (χ0v) is 20.9. The first-order valence-electron chi connectivity index (χ1n) is 11.6. The SMILES string of the molecule is Cc1c(C)c(C)c(C[C@@H]2CC[C@@H](Cc3c(C)c(C)c(C)c(C)c3C)C2=O)c(C)c1C. The van der Waals surface area contributed by atoms with Crippen LogP contribution in [0, 0.1) is 81.1 Å². The average molecular weight is 405 g/mol. The zero-order chi connectivity index (χ0) is 22.5. The number of Topliss-reactive ketones (excluding diaryl/α,β-unsaturated/α-hetero) is 1. The molecule has 1 aliphatic rings.